The molecule has 0 aromatic heterocycles. The molecular formula is C10H18N2O5. The molecule has 0 bridgehead atoms. The maximum atomic E-state index is 11.4. The van der Waals surface area contributed by atoms with Crippen LogP contribution in [0.2, 0.25) is 0 Å². The third-order valence-electron chi connectivity index (χ3n) is 1.58. The highest BCUT2D eigenvalue weighted by Crippen LogP contribution is 2.07. The molecule has 0 spiro atoms. The lowest BCUT2D eigenvalue weighted by Gasteiger charge is -2.21. The number of rotatable bonds is 3. The van der Waals surface area contributed by atoms with E-state index in [9.17, 15) is 14.4 Å². The van der Waals surface area contributed by atoms with Crippen molar-refractivity contribution < 1.29 is 23.9 Å². The van der Waals surface area contributed by atoms with Gasteiger partial charge in [-0.2, -0.15) is 0 Å². The topological polar surface area (TPSA) is 108 Å². The molecule has 0 aromatic carbocycles. The van der Waals surface area contributed by atoms with Crippen molar-refractivity contribution in [2.75, 3.05) is 0 Å². The number of esters is 1. The molecule has 3 N–H and O–H groups in total. The summed E-state index contributed by atoms with van der Waals surface area (Å²) in [7, 11) is 0. The molecule has 0 heterocycles. The van der Waals surface area contributed by atoms with Crippen molar-refractivity contribution in [1.29, 1.82) is 0 Å². The predicted molar refractivity (Wildman–Crippen MR) is 59.1 cm³/mol. The summed E-state index contributed by atoms with van der Waals surface area (Å²) < 4.78 is 9.12. The van der Waals surface area contributed by atoms with Gasteiger partial charge in [0.2, 0.25) is 0 Å². The Bertz CT molecular complexity index is 308. The third-order valence-corrected chi connectivity index (χ3v) is 1.58. The second-order valence-corrected chi connectivity index (χ2v) is 4.35. The molecule has 0 aliphatic heterocycles. The second-order valence-electron chi connectivity index (χ2n) is 4.35. The smallest absolute Gasteiger partial charge is 0.412 e. The van der Waals surface area contributed by atoms with E-state index in [0.29, 0.717) is 0 Å². The third kappa shape index (κ3) is 7.15. The van der Waals surface area contributed by atoms with Crippen molar-refractivity contribution in [2.24, 2.45) is 5.73 Å². The number of hydrogen-bond donors (Lipinski definition) is 2. The zero-order valence-corrected chi connectivity index (χ0v) is 10.4. The van der Waals surface area contributed by atoms with Gasteiger partial charge in [-0.05, 0) is 27.2 Å². The van der Waals surface area contributed by atoms with Gasteiger partial charge in [-0.15, -0.1) is 0 Å². The lowest BCUT2D eigenvalue weighted by atomic mass is 10.2. The number of primary amides is 1. The summed E-state index contributed by atoms with van der Waals surface area (Å²) in [5, 5.41) is 2.28. The van der Waals surface area contributed by atoms with Crippen molar-refractivity contribution in [3.63, 3.8) is 0 Å². The lowest BCUT2D eigenvalue weighted by Crippen LogP contribution is -2.44. The molecule has 17 heavy (non-hydrogen) atoms. The largest absolute Gasteiger partial charge is 0.444 e. The summed E-state index contributed by atoms with van der Waals surface area (Å²) in [5.41, 5.74) is 4.02. The summed E-state index contributed by atoms with van der Waals surface area (Å²) in [6, 6.07) is -0.961. The molecule has 2 amide bonds. The first kappa shape index (κ1) is 15.2. The first-order valence-corrected chi connectivity index (χ1v) is 5.16. The highest BCUT2D eigenvalue weighted by Gasteiger charge is 2.25. The highest BCUT2D eigenvalue weighted by molar-refractivity contribution is 5.89. The number of carbonyl (C=O) groups excluding carboxylic acids is 3. The molecular weight excluding hydrogens is 228 g/mol. The fourth-order valence-corrected chi connectivity index (χ4v) is 0.948. The minimum absolute atomic E-state index is 0.255. The minimum atomic E-state index is -1.21. The molecule has 1 unspecified atom stereocenters. The molecule has 1 atom stereocenters. The fourth-order valence-electron chi connectivity index (χ4n) is 0.948. The summed E-state index contributed by atoms with van der Waals surface area (Å²) in [4.78, 5) is 33.0. The van der Waals surface area contributed by atoms with Crippen LogP contribution >= 0.6 is 0 Å². The molecule has 0 aliphatic carbocycles. The molecule has 0 aromatic rings. The number of alkyl carbamates (subject to hydrolysis) is 1. The van der Waals surface area contributed by atoms with Gasteiger partial charge in [0.15, 0.2) is 0 Å². The van der Waals surface area contributed by atoms with Crippen LogP contribution in [0, 0.1) is 0 Å². The van der Waals surface area contributed by atoms with Crippen molar-refractivity contribution in [2.45, 2.75) is 45.8 Å². The molecule has 0 saturated carbocycles. The van der Waals surface area contributed by atoms with Crippen molar-refractivity contribution >= 4 is 18.2 Å². The van der Waals surface area contributed by atoms with Gasteiger partial charge in [0, 0.05) is 0 Å². The van der Waals surface area contributed by atoms with Gasteiger partial charge in [0.25, 0.3) is 0 Å². The van der Waals surface area contributed by atoms with Gasteiger partial charge < -0.3 is 20.5 Å². The van der Waals surface area contributed by atoms with E-state index in [1.807, 2.05) is 0 Å². The van der Waals surface area contributed by atoms with Crippen molar-refractivity contribution in [1.82, 2.24) is 5.32 Å². The van der Waals surface area contributed by atoms with Crippen LogP contribution in [0.1, 0.15) is 34.1 Å². The Kier molecular flexibility index (Phi) is 5.43. The van der Waals surface area contributed by atoms with E-state index >= 15 is 0 Å². The summed E-state index contributed by atoms with van der Waals surface area (Å²) >= 11 is 0. The highest BCUT2D eigenvalue weighted by atomic mass is 16.6. The number of carbonyl (C=O) groups is 3. The summed E-state index contributed by atoms with van der Waals surface area (Å²) in [6.07, 6.45) is -1.71. The second kappa shape index (κ2) is 6.07. The first-order chi connectivity index (χ1) is 7.65. The molecule has 0 fully saturated rings. The van der Waals surface area contributed by atoms with Gasteiger partial charge in [-0.3, -0.25) is 0 Å². The molecule has 98 valence electrons. The maximum absolute atomic E-state index is 11.4. The van der Waals surface area contributed by atoms with E-state index in [-0.39, 0.29) is 6.42 Å². The Balaban J connectivity index is 4.35. The predicted octanol–water partition coefficient (Wildman–Crippen LogP) is 0.912. The van der Waals surface area contributed by atoms with E-state index in [2.05, 4.69) is 10.1 Å². The zero-order valence-electron chi connectivity index (χ0n) is 10.4. The monoisotopic (exact) mass is 246 g/mol. The number of nitrogens with two attached hydrogens (primary N) is 1. The first-order valence-electron chi connectivity index (χ1n) is 5.16. The molecule has 0 rings (SSSR count). The van der Waals surface area contributed by atoms with Crippen LogP contribution in [0.15, 0.2) is 0 Å². The van der Waals surface area contributed by atoms with Crippen LogP contribution in [0.4, 0.5) is 9.59 Å². The van der Waals surface area contributed by atoms with Gasteiger partial charge >= 0.3 is 18.2 Å². The van der Waals surface area contributed by atoms with E-state index in [1.165, 1.54) is 0 Å². The SMILES string of the molecule is CCC(NC(=O)OC(C)(C)C)C(=O)OC(N)=O. The average Bonchev–Trinajstić information content (AvgIpc) is 2.09. The van der Waals surface area contributed by atoms with Crippen LogP contribution in [0.5, 0.6) is 0 Å². The van der Waals surface area contributed by atoms with Gasteiger partial charge in [0.1, 0.15) is 11.6 Å². The number of nitrogens with one attached hydrogen (secondary N) is 1. The van der Waals surface area contributed by atoms with Crippen LogP contribution < -0.4 is 11.1 Å². The van der Waals surface area contributed by atoms with Crippen molar-refractivity contribution in [3.05, 3.63) is 0 Å². The molecule has 7 nitrogen and oxygen atoms in total. The Morgan fingerprint density at radius 3 is 2.18 bits per heavy atom. The fraction of sp³-hybridized carbons (Fsp3) is 0.700. The Morgan fingerprint density at radius 1 is 1.29 bits per heavy atom. The molecule has 7 heteroatoms. The van der Waals surface area contributed by atoms with Crippen LogP contribution in [0.3, 0.4) is 0 Å². The lowest BCUT2D eigenvalue weighted by molar-refractivity contribution is -0.139. The van der Waals surface area contributed by atoms with E-state index in [1.54, 1.807) is 27.7 Å². The van der Waals surface area contributed by atoms with E-state index in [0.717, 1.165) is 0 Å². The van der Waals surface area contributed by atoms with E-state index in [4.69, 9.17) is 10.5 Å². The van der Waals surface area contributed by atoms with E-state index < -0.39 is 29.8 Å². The summed E-state index contributed by atoms with van der Waals surface area (Å²) in [6.45, 7) is 6.71. The number of amides is 2. The normalized spacial score (nSPS) is 12.5. The van der Waals surface area contributed by atoms with Crippen LogP contribution in [0.25, 0.3) is 0 Å². The standard InChI is InChI=1S/C10H18N2O5/c1-5-6(7(13)16-8(11)14)12-9(15)17-10(2,3)4/h6H,5H2,1-4H3,(H2,11,14)(H,12,15). The maximum Gasteiger partial charge on any atom is 0.412 e. The summed E-state index contributed by atoms with van der Waals surface area (Å²) in [5.74, 6) is -0.911. The van der Waals surface area contributed by atoms with Crippen molar-refractivity contribution in [3.8, 4) is 0 Å². The Morgan fingerprint density at radius 2 is 1.82 bits per heavy atom. The Labute approximate surface area is 99.6 Å². The molecule has 0 saturated heterocycles. The Hall–Kier alpha value is -1.79. The number of hydrogen-bond acceptors (Lipinski definition) is 5. The molecule has 0 radical (unpaired) electrons. The minimum Gasteiger partial charge on any atom is -0.444 e. The van der Waals surface area contributed by atoms with Gasteiger partial charge in [-0.1, -0.05) is 6.92 Å². The molecule has 0 aliphatic rings. The number of ether oxygens (including phenoxy) is 2. The van der Waals surface area contributed by atoms with Crippen LogP contribution in [-0.2, 0) is 14.3 Å². The van der Waals surface area contributed by atoms with Gasteiger partial charge in [-0.25, -0.2) is 14.4 Å². The zero-order chi connectivity index (χ0) is 13.6. The van der Waals surface area contributed by atoms with Crippen LogP contribution in [-0.4, -0.2) is 29.8 Å². The van der Waals surface area contributed by atoms with Gasteiger partial charge in [0.05, 0.1) is 0 Å². The average molecular weight is 246 g/mol. The quantitative estimate of drug-likeness (QED) is 0.568.